The Morgan fingerprint density at radius 3 is 2.94 bits per heavy atom. The predicted octanol–water partition coefficient (Wildman–Crippen LogP) is 2.72. The first-order valence-electron chi connectivity index (χ1n) is 5.59. The standard InChI is InChI=1S/C13H17NO2/c1-15-12-9-10(4-2-3-6-14)8-11-5-7-16-13(11)12/h5,7-9H,2-4,6,14H2,1H3. The molecule has 86 valence electrons. The molecule has 0 amide bonds. The fourth-order valence-electron chi connectivity index (χ4n) is 1.88. The monoisotopic (exact) mass is 219 g/mol. The predicted molar refractivity (Wildman–Crippen MR) is 64.8 cm³/mol. The first-order valence-corrected chi connectivity index (χ1v) is 5.59. The van der Waals surface area contributed by atoms with Gasteiger partial charge in [-0.25, -0.2) is 0 Å². The Morgan fingerprint density at radius 1 is 1.31 bits per heavy atom. The highest BCUT2D eigenvalue weighted by atomic mass is 16.5. The Balaban J connectivity index is 2.25. The molecule has 2 aromatic rings. The second-order valence-electron chi connectivity index (χ2n) is 3.88. The van der Waals surface area contributed by atoms with E-state index in [4.69, 9.17) is 14.9 Å². The molecular weight excluding hydrogens is 202 g/mol. The number of benzene rings is 1. The molecule has 1 aromatic carbocycles. The topological polar surface area (TPSA) is 48.4 Å². The van der Waals surface area contributed by atoms with Crippen LogP contribution >= 0.6 is 0 Å². The summed E-state index contributed by atoms with van der Waals surface area (Å²) in [5.41, 5.74) is 7.58. The van der Waals surface area contributed by atoms with E-state index < -0.39 is 0 Å². The molecule has 0 saturated carbocycles. The molecule has 0 bridgehead atoms. The minimum atomic E-state index is 0.755. The zero-order valence-electron chi connectivity index (χ0n) is 9.53. The third-order valence-corrected chi connectivity index (χ3v) is 2.72. The van der Waals surface area contributed by atoms with Gasteiger partial charge < -0.3 is 14.9 Å². The molecule has 3 heteroatoms. The SMILES string of the molecule is COc1cc(CCCCN)cc2ccoc12. The molecule has 0 unspecified atom stereocenters. The number of nitrogens with two attached hydrogens (primary N) is 1. The van der Waals surface area contributed by atoms with Crippen molar-refractivity contribution in [1.82, 2.24) is 0 Å². The number of methoxy groups -OCH3 is 1. The second-order valence-corrected chi connectivity index (χ2v) is 3.88. The van der Waals surface area contributed by atoms with E-state index in [-0.39, 0.29) is 0 Å². The van der Waals surface area contributed by atoms with Crippen molar-refractivity contribution in [1.29, 1.82) is 0 Å². The number of fused-ring (bicyclic) bond motifs is 1. The Bertz CT molecular complexity index is 462. The third-order valence-electron chi connectivity index (χ3n) is 2.72. The zero-order chi connectivity index (χ0) is 11.4. The van der Waals surface area contributed by atoms with E-state index in [9.17, 15) is 0 Å². The van der Waals surface area contributed by atoms with Gasteiger partial charge in [-0.15, -0.1) is 0 Å². The van der Waals surface area contributed by atoms with Crippen molar-refractivity contribution in [2.24, 2.45) is 5.73 Å². The molecule has 0 saturated heterocycles. The van der Waals surface area contributed by atoms with Crippen molar-refractivity contribution in [3.63, 3.8) is 0 Å². The smallest absolute Gasteiger partial charge is 0.175 e. The summed E-state index contributed by atoms with van der Waals surface area (Å²) >= 11 is 0. The number of furan rings is 1. The Morgan fingerprint density at radius 2 is 2.19 bits per heavy atom. The Hall–Kier alpha value is -1.48. The first kappa shape index (κ1) is 11.0. The summed E-state index contributed by atoms with van der Waals surface area (Å²) in [6.07, 6.45) is 4.90. The molecule has 16 heavy (non-hydrogen) atoms. The molecule has 2 N–H and O–H groups in total. The molecule has 1 heterocycles. The largest absolute Gasteiger partial charge is 0.493 e. The van der Waals surface area contributed by atoms with Crippen LogP contribution in [0.4, 0.5) is 0 Å². The fraction of sp³-hybridized carbons (Fsp3) is 0.385. The molecule has 0 radical (unpaired) electrons. The lowest BCUT2D eigenvalue weighted by Gasteiger charge is -2.05. The minimum Gasteiger partial charge on any atom is -0.493 e. The van der Waals surface area contributed by atoms with Crippen LogP contribution in [0.3, 0.4) is 0 Å². The van der Waals surface area contributed by atoms with Crippen LogP contribution in [-0.4, -0.2) is 13.7 Å². The van der Waals surface area contributed by atoms with Crippen LogP contribution < -0.4 is 10.5 Å². The van der Waals surface area contributed by atoms with Gasteiger partial charge >= 0.3 is 0 Å². The van der Waals surface area contributed by atoms with E-state index in [2.05, 4.69) is 6.07 Å². The number of rotatable bonds is 5. The van der Waals surface area contributed by atoms with Crippen LogP contribution in [0, 0.1) is 0 Å². The molecule has 2 rings (SSSR count). The van der Waals surface area contributed by atoms with Gasteiger partial charge in [0.2, 0.25) is 0 Å². The number of unbranched alkanes of at least 4 members (excludes halogenated alkanes) is 1. The summed E-state index contributed by atoms with van der Waals surface area (Å²) < 4.78 is 10.7. The average Bonchev–Trinajstić information content (AvgIpc) is 2.76. The van der Waals surface area contributed by atoms with Gasteiger partial charge in [0.1, 0.15) is 0 Å². The number of ether oxygens (including phenoxy) is 1. The van der Waals surface area contributed by atoms with Gasteiger partial charge in [0.05, 0.1) is 13.4 Å². The number of hydrogen-bond acceptors (Lipinski definition) is 3. The molecule has 0 aliphatic rings. The van der Waals surface area contributed by atoms with Crippen LogP contribution in [-0.2, 0) is 6.42 Å². The summed E-state index contributed by atoms with van der Waals surface area (Å²) in [5.74, 6) is 0.810. The zero-order valence-corrected chi connectivity index (χ0v) is 9.53. The molecule has 0 spiro atoms. The van der Waals surface area contributed by atoms with Crippen LogP contribution in [0.2, 0.25) is 0 Å². The number of hydrogen-bond donors (Lipinski definition) is 1. The van der Waals surface area contributed by atoms with Crippen LogP contribution in [0.5, 0.6) is 5.75 Å². The van der Waals surface area contributed by atoms with Gasteiger partial charge in [0, 0.05) is 5.39 Å². The summed E-state index contributed by atoms with van der Waals surface area (Å²) in [6, 6.07) is 6.16. The van der Waals surface area contributed by atoms with E-state index in [0.29, 0.717) is 0 Å². The van der Waals surface area contributed by atoms with Gasteiger partial charge in [0.25, 0.3) is 0 Å². The Kier molecular flexibility index (Phi) is 3.47. The third kappa shape index (κ3) is 2.19. The molecule has 0 atom stereocenters. The quantitative estimate of drug-likeness (QED) is 0.786. The van der Waals surface area contributed by atoms with Crippen molar-refractivity contribution < 1.29 is 9.15 Å². The van der Waals surface area contributed by atoms with Gasteiger partial charge in [-0.2, -0.15) is 0 Å². The van der Waals surface area contributed by atoms with E-state index in [0.717, 1.165) is 42.5 Å². The van der Waals surface area contributed by atoms with Crippen molar-refractivity contribution >= 4 is 11.0 Å². The first-order chi connectivity index (χ1) is 7.85. The lowest BCUT2D eigenvalue weighted by atomic mass is 10.1. The number of aryl methyl sites for hydroxylation is 1. The molecule has 1 aromatic heterocycles. The lowest BCUT2D eigenvalue weighted by molar-refractivity contribution is 0.409. The van der Waals surface area contributed by atoms with E-state index in [1.54, 1.807) is 13.4 Å². The van der Waals surface area contributed by atoms with Crippen molar-refractivity contribution in [2.75, 3.05) is 13.7 Å². The molecule has 0 aliphatic heterocycles. The van der Waals surface area contributed by atoms with Gasteiger partial charge in [-0.05, 0) is 49.6 Å². The highest BCUT2D eigenvalue weighted by Crippen LogP contribution is 2.28. The average molecular weight is 219 g/mol. The molecule has 0 aliphatic carbocycles. The van der Waals surface area contributed by atoms with Crippen molar-refractivity contribution in [2.45, 2.75) is 19.3 Å². The summed E-state index contributed by atoms with van der Waals surface area (Å²) in [6.45, 7) is 0.755. The van der Waals surface area contributed by atoms with Crippen molar-refractivity contribution in [3.8, 4) is 5.75 Å². The maximum Gasteiger partial charge on any atom is 0.175 e. The lowest BCUT2D eigenvalue weighted by Crippen LogP contribution is -1.99. The van der Waals surface area contributed by atoms with E-state index >= 15 is 0 Å². The molecule has 3 nitrogen and oxygen atoms in total. The van der Waals surface area contributed by atoms with Crippen LogP contribution in [0.15, 0.2) is 28.9 Å². The van der Waals surface area contributed by atoms with Crippen LogP contribution in [0.25, 0.3) is 11.0 Å². The summed E-state index contributed by atoms with van der Waals surface area (Å²) in [7, 11) is 1.67. The highest BCUT2D eigenvalue weighted by molar-refractivity contribution is 5.83. The van der Waals surface area contributed by atoms with Gasteiger partial charge in [0.15, 0.2) is 11.3 Å². The van der Waals surface area contributed by atoms with Crippen molar-refractivity contribution in [3.05, 3.63) is 30.0 Å². The summed E-state index contributed by atoms with van der Waals surface area (Å²) in [4.78, 5) is 0. The van der Waals surface area contributed by atoms with E-state index in [1.807, 2.05) is 12.1 Å². The van der Waals surface area contributed by atoms with Crippen LogP contribution in [0.1, 0.15) is 18.4 Å². The van der Waals surface area contributed by atoms with Gasteiger partial charge in [-0.1, -0.05) is 0 Å². The molecule has 0 fully saturated rings. The highest BCUT2D eigenvalue weighted by Gasteiger charge is 2.07. The maximum atomic E-state index is 5.48. The minimum absolute atomic E-state index is 0.755. The normalized spacial score (nSPS) is 10.9. The fourth-order valence-corrected chi connectivity index (χ4v) is 1.88. The van der Waals surface area contributed by atoms with E-state index in [1.165, 1.54) is 5.56 Å². The summed E-state index contributed by atoms with van der Waals surface area (Å²) in [5, 5.41) is 1.10. The Labute approximate surface area is 95.2 Å². The second kappa shape index (κ2) is 5.03. The molecular formula is C13H17NO2. The maximum absolute atomic E-state index is 5.48. The van der Waals surface area contributed by atoms with Gasteiger partial charge in [-0.3, -0.25) is 0 Å².